The topological polar surface area (TPSA) is 152 Å². The van der Waals surface area contributed by atoms with Gasteiger partial charge in [0.25, 0.3) is 0 Å². The summed E-state index contributed by atoms with van der Waals surface area (Å²) >= 11 is 0. The Hall–Kier alpha value is -6.34. The Kier molecular flexibility index (Phi) is 14.6. The largest absolute Gasteiger partial charge is 0.466 e. The van der Waals surface area contributed by atoms with Crippen LogP contribution in [0, 0.1) is 0 Å². The molecule has 1 aromatic heterocycles. The second-order valence-electron chi connectivity index (χ2n) is 14.3. The van der Waals surface area contributed by atoms with Gasteiger partial charge in [-0.2, -0.15) is 0 Å². The minimum Gasteiger partial charge on any atom is -0.466 e. The van der Waals surface area contributed by atoms with E-state index in [-0.39, 0.29) is 34.5 Å². The van der Waals surface area contributed by atoms with E-state index in [4.69, 9.17) is 28.4 Å². The number of ether oxygens (including phenoxy) is 6. The van der Waals surface area contributed by atoms with Crippen LogP contribution < -0.4 is 4.74 Å². The number of aromatic amines is 1. The van der Waals surface area contributed by atoms with Crippen molar-refractivity contribution < 1.29 is 52.0 Å². The molecule has 0 spiro atoms. The monoisotopic (exact) mass is 806 g/mol. The van der Waals surface area contributed by atoms with Gasteiger partial charge < -0.3 is 28.4 Å². The van der Waals surface area contributed by atoms with Crippen molar-refractivity contribution in [3.63, 3.8) is 0 Å². The van der Waals surface area contributed by atoms with Crippen molar-refractivity contribution in [2.75, 3.05) is 13.2 Å². The maximum Gasteiger partial charge on any atom is 0.338 e. The van der Waals surface area contributed by atoms with Crippen LogP contribution in [0.15, 0.2) is 115 Å². The first kappa shape index (κ1) is 42.3. The normalized spacial score (nSPS) is 18.8. The number of aromatic nitrogens is 2. The SMILES string of the molecule is CCOC(=O)CCCc1ccc(Cc2c(OC3O[C@H](COC(=O)c4ccccc4)[C@@H](F)[C@H](OC(=O)c4ccccc4)[C@H]3OC(=O)c3ccccc3)n[nH]c2C(C)C)cc1. The summed E-state index contributed by atoms with van der Waals surface area (Å²) in [6.07, 6.45) is -6.68. The molecule has 1 N–H and O–H groups in total. The summed E-state index contributed by atoms with van der Waals surface area (Å²) in [6.45, 7) is 5.51. The van der Waals surface area contributed by atoms with Gasteiger partial charge in [0.2, 0.25) is 18.3 Å². The summed E-state index contributed by atoms with van der Waals surface area (Å²) in [5.41, 5.74) is 3.93. The summed E-state index contributed by atoms with van der Waals surface area (Å²) in [5, 5.41) is 7.54. The number of aryl methyl sites for hydroxylation is 1. The number of hydrogen-bond acceptors (Lipinski definition) is 11. The molecule has 5 atom stereocenters. The van der Waals surface area contributed by atoms with Crippen LogP contribution in [-0.4, -0.2) is 78.1 Å². The van der Waals surface area contributed by atoms with Crippen molar-refractivity contribution in [1.82, 2.24) is 10.2 Å². The van der Waals surface area contributed by atoms with Gasteiger partial charge in [-0.25, -0.2) is 18.8 Å². The first-order valence-electron chi connectivity index (χ1n) is 19.6. The van der Waals surface area contributed by atoms with Crippen molar-refractivity contribution in [3.05, 3.63) is 154 Å². The van der Waals surface area contributed by atoms with Gasteiger partial charge >= 0.3 is 23.9 Å². The van der Waals surface area contributed by atoms with E-state index in [0.717, 1.165) is 16.8 Å². The van der Waals surface area contributed by atoms with Crippen molar-refractivity contribution in [3.8, 4) is 5.88 Å². The van der Waals surface area contributed by atoms with Crippen LogP contribution in [0.25, 0.3) is 0 Å². The first-order valence-corrected chi connectivity index (χ1v) is 19.6. The van der Waals surface area contributed by atoms with Gasteiger partial charge in [-0.05, 0) is 73.2 Å². The van der Waals surface area contributed by atoms with E-state index in [1.54, 1.807) is 73.7 Å². The molecule has 12 nitrogen and oxygen atoms in total. The van der Waals surface area contributed by atoms with E-state index in [9.17, 15) is 19.2 Å². The molecule has 1 aliphatic heterocycles. The van der Waals surface area contributed by atoms with Crippen LogP contribution in [0.1, 0.15) is 93.0 Å². The molecular weight excluding hydrogens is 760 g/mol. The first-order chi connectivity index (χ1) is 28.6. The number of nitrogens with zero attached hydrogens (tertiary/aromatic N) is 1. The number of benzene rings is 4. The lowest BCUT2D eigenvalue weighted by molar-refractivity contribution is -0.264. The van der Waals surface area contributed by atoms with Crippen molar-refractivity contribution >= 4 is 23.9 Å². The lowest BCUT2D eigenvalue weighted by Crippen LogP contribution is -2.61. The molecule has 1 aliphatic rings. The summed E-state index contributed by atoms with van der Waals surface area (Å²) in [7, 11) is 0. The molecule has 0 amide bonds. The molecule has 6 rings (SSSR count). The molecule has 0 saturated carbocycles. The molecule has 0 aliphatic carbocycles. The van der Waals surface area contributed by atoms with Crippen LogP contribution in [0.2, 0.25) is 0 Å². The highest BCUT2D eigenvalue weighted by Gasteiger charge is 2.53. The Balaban J connectivity index is 1.31. The Bertz CT molecular complexity index is 2150. The number of hydrogen-bond donors (Lipinski definition) is 1. The summed E-state index contributed by atoms with van der Waals surface area (Å²) in [5.74, 6) is -2.62. The Morgan fingerprint density at radius 2 is 1.27 bits per heavy atom. The minimum atomic E-state index is -2.15. The predicted molar refractivity (Wildman–Crippen MR) is 214 cm³/mol. The molecule has 308 valence electrons. The van der Waals surface area contributed by atoms with Gasteiger partial charge in [0.15, 0.2) is 12.3 Å². The highest BCUT2D eigenvalue weighted by molar-refractivity contribution is 5.90. The molecule has 2 heterocycles. The number of alkyl halides is 1. The molecule has 1 unspecified atom stereocenters. The quantitative estimate of drug-likeness (QED) is 0.0725. The molecule has 1 fully saturated rings. The third-order valence-electron chi connectivity index (χ3n) is 9.69. The lowest BCUT2D eigenvalue weighted by Gasteiger charge is -2.41. The Morgan fingerprint density at radius 1 is 0.729 bits per heavy atom. The molecule has 5 aromatic rings. The third-order valence-corrected chi connectivity index (χ3v) is 9.69. The van der Waals surface area contributed by atoms with E-state index in [0.29, 0.717) is 37.9 Å². The maximum absolute atomic E-state index is 16.8. The number of esters is 4. The zero-order chi connectivity index (χ0) is 41.7. The number of carbonyl (C=O) groups excluding carboxylic acids is 4. The van der Waals surface area contributed by atoms with Gasteiger partial charge in [0.05, 0.1) is 23.3 Å². The average molecular weight is 807 g/mol. The lowest BCUT2D eigenvalue weighted by atomic mass is 9.97. The highest BCUT2D eigenvalue weighted by Crippen LogP contribution is 2.35. The summed E-state index contributed by atoms with van der Waals surface area (Å²) in [4.78, 5) is 51.9. The zero-order valence-electron chi connectivity index (χ0n) is 33.1. The van der Waals surface area contributed by atoms with E-state index >= 15 is 4.39 Å². The number of rotatable bonds is 17. The van der Waals surface area contributed by atoms with Gasteiger partial charge in [-0.1, -0.05) is 92.7 Å². The molecule has 4 aromatic carbocycles. The highest BCUT2D eigenvalue weighted by atomic mass is 19.1. The smallest absolute Gasteiger partial charge is 0.338 e. The van der Waals surface area contributed by atoms with Gasteiger partial charge in [-0.15, -0.1) is 5.10 Å². The molecule has 13 heteroatoms. The zero-order valence-corrected chi connectivity index (χ0v) is 33.1. The van der Waals surface area contributed by atoms with Crippen LogP contribution >= 0.6 is 0 Å². The number of nitrogens with one attached hydrogen (secondary N) is 1. The fraction of sp³-hybridized carbons (Fsp3) is 0.326. The third kappa shape index (κ3) is 11.2. The minimum absolute atomic E-state index is 0.0316. The summed E-state index contributed by atoms with van der Waals surface area (Å²) < 4.78 is 51.8. The maximum atomic E-state index is 16.8. The standard InChI is InChI=1S/C46H47FN2O10/c1-4-54-37(50)22-14-15-30-23-25-31(26-24-30)27-35-39(29(2)3)48-49-42(35)59-46-41(58-45(53)34-20-12-7-13-21-34)40(57-44(52)33-18-10-6-11-19-33)38(47)36(56-46)28-55-43(51)32-16-8-5-9-17-32/h5-13,16-21,23-26,29,36,38,40-41,46H,4,14-15,22,27-28H2,1-3H3,(H,48,49)/t36-,38-,40+,41-,46?/m1/s1. The van der Waals surface area contributed by atoms with E-state index in [2.05, 4.69) is 10.2 Å². The van der Waals surface area contributed by atoms with Gasteiger partial charge in [0.1, 0.15) is 12.7 Å². The van der Waals surface area contributed by atoms with Gasteiger partial charge in [0, 0.05) is 24.1 Å². The van der Waals surface area contributed by atoms with Crippen molar-refractivity contribution in [2.45, 2.75) is 83.1 Å². The number of halogens is 1. The molecule has 0 bridgehead atoms. The van der Waals surface area contributed by atoms with E-state index in [1.807, 2.05) is 38.1 Å². The summed E-state index contributed by atoms with van der Waals surface area (Å²) in [6, 6.07) is 32.2. The van der Waals surface area contributed by atoms with E-state index < -0.39 is 55.3 Å². The average Bonchev–Trinajstić information content (AvgIpc) is 3.65. The molecule has 1 saturated heterocycles. The van der Waals surface area contributed by atoms with Crippen molar-refractivity contribution in [1.29, 1.82) is 0 Å². The van der Waals surface area contributed by atoms with Crippen LogP contribution in [0.4, 0.5) is 4.39 Å². The second-order valence-corrected chi connectivity index (χ2v) is 14.3. The number of H-pyrrole nitrogens is 1. The second kappa shape index (κ2) is 20.4. The fourth-order valence-corrected chi connectivity index (χ4v) is 6.62. The van der Waals surface area contributed by atoms with Crippen LogP contribution in [-0.2, 0) is 41.3 Å². The van der Waals surface area contributed by atoms with Gasteiger partial charge in [-0.3, -0.25) is 9.89 Å². The van der Waals surface area contributed by atoms with Crippen molar-refractivity contribution in [2.24, 2.45) is 0 Å². The Morgan fingerprint density at radius 3 is 1.83 bits per heavy atom. The molecular formula is C46H47FN2O10. The predicted octanol–water partition coefficient (Wildman–Crippen LogP) is 7.76. The molecule has 0 radical (unpaired) electrons. The van der Waals surface area contributed by atoms with Crippen LogP contribution in [0.5, 0.6) is 5.88 Å². The number of carbonyl (C=O) groups is 4. The Labute approximate surface area is 341 Å². The van der Waals surface area contributed by atoms with E-state index in [1.165, 1.54) is 24.3 Å². The van der Waals surface area contributed by atoms with Crippen LogP contribution in [0.3, 0.4) is 0 Å². The molecule has 59 heavy (non-hydrogen) atoms. The fourth-order valence-electron chi connectivity index (χ4n) is 6.62.